The van der Waals surface area contributed by atoms with E-state index in [-0.39, 0.29) is 0 Å². The van der Waals surface area contributed by atoms with Gasteiger partial charge in [-0.15, -0.1) is 0 Å². The SMILES string of the molecule is CC(C)C1CN(C)N(C2CCOCC2)C1. The first-order valence-electron chi connectivity index (χ1n) is 6.24. The molecular formula is C12H24N2O. The molecule has 1 atom stereocenters. The van der Waals surface area contributed by atoms with Crippen molar-refractivity contribution in [1.29, 1.82) is 0 Å². The Balaban J connectivity index is 1.91. The van der Waals surface area contributed by atoms with Crippen molar-refractivity contribution in [2.75, 3.05) is 33.4 Å². The lowest BCUT2D eigenvalue weighted by molar-refractivity contribution is -0.0425. The first-order valence-corrected chi connectivity index (χ1v) is 6.24. The van der Waals surface area contributed by atoms with Crippen LogP contribution in [0, 0.1) is 11.8 Å². The molecule has 0 bridgehead atoms. The first kappa shape index (κ1) is 11.4. The average Bonchev–Trinajstić information content (AvgIpc) is 2.62. The summed E-state index contributed by atoms with van der Waals surface area (Å²) in [7, 11) is 2.23. The van der Waals surface area contributed by atoms with Crippen LogP contribution in [-0.4, -0.2) is 49.4 Å². The minimum Gasteiger partial charge on any atom is -0.381 e. The van der Waals surface area contributed by atoms with E-state index < -0.39 is 0 Å². The zero-order valence-corrected chi connectivity index (χ0v) is 10.3. The van der Waals surface area contributed by atoms with E-state index in [1.54, 1.807) is 0 Å². The molecule has 0 amide bonds. The molecule has 0 N–H and O–H groups in total. The number of hydrogen-bond acceptors (Lipinski definition) is 3. The molecule has 0 aliphatic carbocycles. The van der Waals surface area contributed by atoms with Crippen LogP contribution in [0.5, 0.6) is 0 Å². The molecule has 2 saturated heterocycles. The van der Waals surface area contributed by atoms with Crippen molar-refractivity contribution in [3.8, 4) is 0 Å². The Kier molecular flexibility index (Phi) is 3.65. The number of hydrogen-bond donors (Lipinski definition) is 0. The summed E-state index contributed by atoms with van der Waals surface area (Å²) >= 11 is 0. The molecule has 0 aromatic rings. The van der Waals surface area contributed by atoms with Crippen LogP contribution in [-0.2, 0) is 4.74 Å². The highest BCUT2D eigenvalue weighted by molar-refractivity contribution is 4.82. The third kappa shape index (κ3) is 2.52. The Morgan fingerprint density at radius 1 is 1.13 bits per heavy atom. The van der Waals surface area contributed by atoms with Crippen molar-refractivity contribution in [1.82, 2.24) is 10.0 Å². The summed E-state index contributed by atoms with van der Waals surface area (Å²) in [5.41, 5.74) is 0. The van der Waals surface area contributed by atoms with Gasteiger partial charge in [0.05, 0.1) is 0 Å². The number of rotatable bonds is 2. The standard InChI is InChI=1S/C12H24N2O/c1-10(2)11-8-13(3)14(9-11)12-4-6-15-7-5-12/h10-12H,4-9H2,1-3H3. The van der Waals surface area contributed by atoms with Gasteiger partial charge in [-0.1, -0.05) is 13.8 Å². The van der Waals surface area contributed by atoms with Gasteiger partial charge in [-0.2, -0.15) is 0 Å². The van der Waals surface area contributed by atoms with Crippen molar-refractivity contribution in [2.45, 2.75) is 32.7 Å². The number of nitrogens with zero attached hydrogens (tertiary/aromatic N) is 2. The predicted molar refractivity (Wildman–Crippen MR) is 61.5 cm³/mol. The molecule has 3 nitrogen and oxygen atoms in total. The average molecular weight is 212 g/mol. The summed E-state index contributed by atoms with van der Waals surface area (Å²) in [4.78, 5) is 0. The fourth-order valence-corrected chi connectivity index (χ4v) is 2.71. The second-order valence-corrected chi connectivity index (χ2v) is 5.31. The van der Waals surface area contributed by atoms with Crippen molar-refractivity contribution in [2.24, 2.45) is 11.8 Å². The van der Waals surface area contributed by atoms with Gasteiger partial charge in [0, 0.05) is 39.4 Å². The maximum Gasteiger partial charge on any atom is 0.0481 e. The van der Waals surface area contributed by atoms with Crippen LogP contribution >= 0.6 is 0 Å². The summed E-state index contributed by atoms with van der Waals surface area (Å²) in [6, 6.07) is 0.729. The molecule has 0 saturated carbocycles. The minimum atomic E-state index is 0.729. The summed E-state index contributed by atoms with van der Waals surface area (Å²) in [6.45, 7) is 9.05. The van der Waals surface area contributed by atoms with E-state index in [9.17, 15) is 0 Å². The van der Waals surface area contributed by atoms with Crippen LogP contribution in [0.3, 0.4) is 0 Å². The molecule has 0 aromatic carbocycles. The number of hydrazine groups is 1. The van der Waals surface area contributed by atoms with Crippen LogP contribution in [0.2, 0.25) is 0 Å². The van der Waals surface area contributed by atoms with Crippen molar-refractivity contribution < 1.29 is 4.74 Å². The highest BCUT2D eigenvalue weighted by atomic mass is 16.5. The Morgan fingerprint density at radius 2 is 1.80 bits per heavy atom. The molecule has 15 heavy (non-hydrogen) atoms. The highest BCUT2D eigenvalue weighted by Gasteiger charge is 2.34. The third-order valence-electron chi connectivity index (χ3n) is 3.91. The largest absolute Gasteiger partial charge is 0.381 e. The van der Waals surface area contributed by atoms with Gasteiger partial charge in [-0.3, -0.25) is 0 Å². The smallest absolute Gasteiger partial charge is 0.0481 e. The van der Waals surface area contributed by atoms with E-state index in [0.29, 0.717) is 0 Å². The fourth-order valence-electron chi connectivity index (χ4n) is 2.71. The fraction of sp³-hybridized carbons (Fsp3) is 1.00. The van der Waals surface area contributed by atoms with Crippen molar-refractivity contribution in [3.05, 3.63) is 0 Å². The van der Waals surface area contributed by atoms with Gasteiger partial charge in [0.2, 0.25) is 0 Å². The molecule has 2 aliphatic rings. The Labute approximate surface area is 93.3 Å². The molecule has 2 fully saturated rings. The molecule has 2 heterocycles. The Hall–Kier alpha value is -0.120. The zero-order chi connectivity index (χ0) is 10.8. The van der Waals surface area contributed by atoms with Gasteiger partial charge >= 0.3 is 0 Å². The third-order valence-corrected chi connectivity index (χ3v) is 3.91. The van der Waals surface area contributed by atoms with Gasteiger partial charge < -0.3 is 4.74 Å². The Morgan fingerprint density at radius 3 is 2.33 bits per heavy atom. The summed E-state index contributed by atoms with van der Waals surface area (Å²) in [5.74, 6) is 1.65. The topological polar surface area (TPSA) is 15.7 Å². The zero-order valence-electron chi connectivity index (χ0n) is 10.3. The Bertz CT molecular complexity index is 202. The molecular weight excluding hydrogens is 188 g/mol. The monoisotopic (exact) mass is 212 g/mol. The normalized spacial score (nSPS) is 31.6. The first-order chi connectivity index (χ1) is 7.18. The maximum absolute atomic E-state index is 5.42. The van der Waals surface area contributed by atoms with E-state index in [2.05, 4.69) is 30.9 Å². The van der Waals surface area contributed by atoms with Crippen LogP contribution in [0.15, 0.2) is 0 Å². The molecule has 2 aliphatic heterocycles. The second-order valence-electron chi connectivity index (χ2n) is 5.31. The van der Waals surface area contributed by atoms with Crippen LogP contribution in [0.4, 0.5) is 0 Å². The maximum atomic E-state index is 5.42. The molecule has 88 valence electrons. The summed E-state index contributed by atoms with van der Waals surface area (Å²) < 4.78 is 5.42. The molecule has 0 spiro atoms. The van der Waals surface area contributed by atoms with Gasteiger partial charge in [0.25, 0.3) is 0 Å². The molecule has 3 heteroatoms. The highest BCUT2D eigenvalue weighted by Crippen LogP contribution is 2.26. The van der Waals surface area contributed by atoms with Crippen LogP contribution in [0.25, 0.3) is 0 Å². The van der Waals surface area contributed by atoms with Crippen LogP contribution < -0.4 is 0 Å². The van der Waals surface area contributed by atoms with Crippen molar-refractivity contribution in [3.63, 3.8) is 0 Å². The lowest BCUT2D eigenvalue weighted by Gasteiger charge is -2.35. The molecule has 1 unspecified atom stereocenters. The van der Waals surface area contributed by atoms with E-state index in [1.165, 1.54) is 25.9 Å². The van der Waals surface area contributed by atoms with E-state index in [0.717, 1.165) is 31.1 Å². The predicted octanol–water partition coefficient (Wildman–Crippen LogP) is 1.60. The van der Waals surface area contributed by atoms with E-state index in [4.69, 9.17) is 4.74 Å². The molecule has 0 aromatic heterocycles. The summed E-state index contributed by atoms with van der Waals surface area (Å²) in [6.07, 6.45) is 2.41. The van der Waals surface area contributed by atoms with Gasteiger partial charge in [0.15, 0.2) is 0 Å². The molecule has 0 radical (unpaired) electrons. The summed E-state index contributed by atoms with van der Waals surface area (Å²) in [5, 5.41) is 5.01. The van der Waals surface area contributed by atoms with Crippen LogP contribution in [0.1, 0.15) is 26.7 Å². The quantitative estimate of drug-likeness (QED) is 0.691. The lowest BCUT2D eigenvalue weighted by atomic mass is 9.96. The minimum absolute atomic E-state index is 0.729. The second kappa shape index (κ2) is 4.81. The van der Waals surface area contributed by atoms with E-state index >= 15 is 0 Å². The van der Waals surface area contributed by atoms with Crippen molar-refractivity contribution >= 4 is 0 Å². The van der Waals surface area contributed by atoms with E-state index in [1.807, 2.05) is 0 Å². The lowest BCUT2D eigenvalue weighted by Crippen LogP contribution is -2.44. The van der Waals surface area contributed by atoms with Gasteiger partial charge in [0.1, 0.15) is 0 Å². The van der Waals surface area contributed by atoms with Gasteiger partial charge in [-0.25, -0.2) is 10.0 Å². The van der Waals surface area contributed by atoms with Gasteiger partial charge in [-0.05, 0) is 24.7 Å². The number of ether oxygens (including phenoxy) is 1. The molecule has 2 rings (SSSR count).